The van der Waals surface area contributed by atoms with Gasteiger partial charge in [0.1, 0.15) is 12.4 Å². The second-order valence-corrected chi connectivity index (χ2v) is 5.91. The van der Waals surface area contributed by atoms with Gasteiger partial charge >= 0.3 is 0 Å². The van der Waals surface area contributed by atoms with Gasteiger partial charge in [0.05, 0.1) is 13.2 Å². The molecule has 2 aliphatic heterocycles. The zero-order valence-corrected chi connectivity index (χ0v) is 13.6. The number of ether oxygens (including phenoxy) is 3. The van der Waals surface area contributed by atoms with Gasteiger partial charge in [-0.25, -0.2) is 0 Å². The minimum Gasteiger partial charge on any atom is -0.488 e. The number of benzene rings is 1. The molecule has 0 aromatic heterocycles. The molecule has 6 heteroatoms. The maximum absolute atomic E-state index is 11.3. The molecule has 1 amide bonds. The van der Waals surface area contributed by atoms with Crippen molar-refractivity contribution in [2.24, 2.45) is 0 Å². The van der Waals surface area contributed by atoms with Crippen LogP contribution in [0.25, 0.3) is 0 Å². The fourth-order valence-corrected chi connectivity index (χ4v) is 2.84. The Balaban J connectivity index is 1.43. The summed E-state index contributed by atoms with van der Waals surface area (Å²) in [6, 6.07) is 8.14. The number of amides is 1. The van der Waals surface area contributed by atoms with Crippen LogP contribution in [0.1, 0.15) is 12.5 Å². The van der Waals surface area contributed by atoms with E-state index in [1.807, 2.05) is 17.0 Å². The third kappa shape index (κ3) is 4.67. The third-order valence-corrected chi connectivity index (χ3v) is 4.22. The Morgan fingerprint density at radius 3 is 2.39 bits per heavy atom. The first-order valence-corrected chi connectivity index (χ1v) is 8.13. The molecule has 23 heavy (non-hydrogen) atoms. The number of hydrogen-bond donors (Lipinski definition) is 0. The van der Waals surface area contributed by atoms with Gasteiger partial charge in [-0.2, -0.15) is 0 Å². The summed E-state index contributed by atoms with van der Waals surface area (Å²) < 4.78 is 16.4. The lowest BCUT2D eigenvalue weighted by atomic mass is 10.2. The van der Waals surface area contributed by atoms with E-state index in [-0.39, 0.29) is 12.2 Å². The van der Waals surface area contributed by atoms with Gasteiger partial charge in [0, 0.05) is 39.6 Å². The van der Waals surface area contributed by atoms with Gasteiger partial charge in [0.25, 0.3) is 0 Å². The van der Waals surface area contributed by atoms with E-state index < -0.39 is 0 Å². The summed E-state index contributed by atoms with van der Waals surface area (Å²) in [6.07, 6.45) is -0.243. The van der Waals surface area contributed by atoms with Crippen molar-refractivity contribution in [2.45, 2.75) is 19.8 Å². The molecule has 0 spiro atoms. The Bertz CT molecular complexity index is 506. The minimum absolute atomic E-state index is 0.168. The van der Waals surface area contributed by atoms with Crippen molar-refractivity contribution < 1.29 is 19.0 Å². The average molecular weight is 320 g/mol. The highest BCUT2D eigenvalue weighted by molar-refractivity contribution is 5.73. The van der Waals surface area contributed by atoms with E-state index in [2.05, 4.69) is 17.0 Å². The van der Waals surface area contributed by atoms with Gasteiger partial charge in [-0.15, -0.1) is 0 Å². The first kappa shape index (κ1) is 16.2. The highest BCUT2D eigenvalue weighted by Crippen LogP contribution is 2.16. The summed E-state index contributed by atoms with van der Waals surface area (Å²) in [5.41, 5.74) is 1.25. The number of hydrogen-bond acceptors (Lipinski definition) is 5. The van der Waals surface area contributed by atoms with Crippen LogP contribution >= 0.6 is 0 Å². The summed E-state index contributed by atoms with van der Waals surface area (Å²) in [5, 5.41) is 0. The highest BCUT2D eigenvalue weighted by Gasteiger charge is 2.19. The molecule has 2 fully saturated rings. The largest absolute Gasteiger partial charge is 0.488 e. The fourth-order valence-electron chi connectivity index (χ4n) is 2.84. The van der Waals surface area contributed by atoms with Crippen LogP contribution in [-0.2, 0) is 20.8 Å². The number of piperazine rings is 1. The Labute approximate surface area is 136 Å². The second-order valence-electron chi connectivity index (χ2n) is 5.91. The first-order chi connectivity index (χ1) is 11.2. The molecule has 2 aliphatic rings. The van der Waals surface area contributed by atoms with Crippen LogP contribution in [0.5, 0.6) is 5.75 Å². The molecule has 0 atom stereocenters. The van der Waals surface area contributed by atoms with E-state index in [0.29, 0.717) is 19.8 Å². The lowest BCUT2D eigenvalue weighted by Gasteiger charge is -2.34. The van der Waals surface area contributed by atoms with Crippen LogP contribution in [0.2, 0.25) is 0 Å². The normalized spacial score (nSPS) is 20.0. The summed E-state index contributed by atoms with van der Waals surface area (Å²) in [6.45, 7) is 7.73. The highest BCUT2D eigenvalue weighted by atomic mass is 16.7. The van der Waals surface area contributed by atoms with E-state index in [0.717, 1.165) is 38.5 Å². The topological polar surface area (TPSA) is 51.2 Å². The predicted molar refractivity (Wildman–Crippen MR) is 85.2 cm³/mol. The molecule has 0 bridgehead atoms. The minimum atomic E-state index is -0.243. The molecule has 1 aromatic rings. The van der Waals surface area contributed by atoms with Gasteiger partial charge in [-0.1, -0.05) is 12.1 Å². The number of carbonyl (C=O) groups is 1. The molecule has 0 radical (unpaired) electrons. The molecule has 2 heterocycles. The van der Waals surface area contributed by atoms with Gasteiger partial charge in [-0.3, -0.25) is 9.69 Å². The van der Waals surface area contributed by atoms with Crippen molar-refractivity contribution in [3.8, 4) is 5.75 Å². The van der Waals surface area contributed by atoms with E-state index in [4.69, 9.17) is 14.2 Å². The molecule has 3 rings (SSSR count). The standard InChI is InChI=1S/C17H24N2O4/c1-14(20)19-8-6-18(7-9-19)12-15-2-4-16(5-3-15)23-13-17-21-10-11-22-17/h2-5,17H,6-13H2,1H3. The van der Waals surface area contributed by atoms with Crippen molar-refractivity contribution in [3.05, 3.63) is 29.8 Å². The molecule has 0 saturated carbocycles. The average Bonchev–Trinajstić information content (AvgIpc) is 3.08. The van der Waals surface area contributed by atoms with Crippen LogP contribution in [0, 0.1) is 0 Å². The molecule has 0 N–H and O–H groups in total. The van der Waals surface area contributed by atoms with Crippen LogP contribution < -0.4 is 4.74 Å². The quantitative estimate of drug-likeness (QED) is 0.813. The SMILES string of the molecule is CC(=O)N1CCN(Cc2ccc(OCC3OCCO3)cc2)CC1. The molecule has 0 aliphatic carbocycles. The van der Waals surface area contributed by atoms with Gasteiger partial charge in [-0.05, 0) is 17.7 Å². The smallest absolute Gasteiger partial charge is 0.219 e. The number of carbonyl (C=O) groups excluding carboxylic acids is 1. The number of rotatable bonds is 5. The van der Waals surface area contributed by atoms with Crippen LogP contribution in [-0.4, -0.2) is 68.0 Å². The maximum atomic E-state index is 11.3. The molecule has 2 saturated heterocycles. The molecule has 126 valence electrons. The van der Waals surface area contributed by atoms with Gasteiger partial charge in [0.2, 0.25) is 5.91 Å². The van der Waals surface area contributed by atoms with Crippen molar-refractivity contribution in [1.29, 1.82) is 0 Å². The maximum Gasteiger partial charge on any atom is 0.219 e. The van der Waals surface area contributed by atoms with E-state index >= 15 is 0 Å². The molecular weight excluding hydrogens is 296 g/mol. The predicted octanol–water partition coefficient (Wildman–Crippen LogP) is 1.10. The van der Waals surface area contributed by atoms with Crippen molar-refractivity contribution in [2.75, 3.05) is 46.0 Å². The van der Waals surface area contributed by atoms with Gasteiger partial charge in [0.15, 0.2) is 6.29 Å². The van der Waals surface area contributed by atoms with E-state index in [1.165, 1.54) is 5.56 Å². The first-order valence-electron chi connectivity index (χ1n) is 8.13. The Kier molecular flexibility index (Phi) is 5.48. The zero-order chi connectivity index (χ0) is 16.1. The third-order valence-electron chi connectivity index (χ3n) is 4.22. The lowest BCUT2D eigenvalue weighted by molar-refractivity contribution is -0.130. The zero-order valence-electron chi connectivity index (χ0n) is 13.6. The second kappa shape index (κ2) is 7.77. The van der Waals surface area contributed by atoms with Crippen LogP contribution in [0.3, 0.4) is 0 Å². The van der Waals surface area contributed by atoms with Gasteiger partial charge < -0.3 is 19.1 Å². The molecule has 6 nitrogen and oxygen atoms in total. The van der Waals surface area contributed by atoms with Crippen molar-refractivity contribution >= 4 is 5.91 Å². The summed E-state index contributed by atoms with van der Waals surface area (Å²) in [4.78, 5) is 15.6. The Morgan fingerprint density at radius 2 is 1.78 bits per heavy atom. The molecule has 1 aromatic carbocycles. The van der Waals surface area contributed by atoms with Crippen molar-refractivity contribution in [1.82, 2.24) is 9.80 Å². The Morgan fingerprint density at radius 1 is 1.13 bits per heavy atom. The fraction of sp³-hybridized carbons (Fsp3) is 0.588. The summed E-state index contributed by atoms with van der Waals surface area (Å²) >= 11 is 0. The van der Waals surface area contributed by atoms with Crippen molar-refractivity contribution in [3.63, 3.8) is 0 Å². The lowest BCUT2D eigenvalue weighted by Crippen LogP contribution is -2.47. The Hall–Kier alpha value is -1.63. The molecule has 0 unspecified atom stereocenters. The van der Waals surface area contributed by atoms with E-state index in [9.17, 15) is 4.79 Å². The summed E-state index contributed by atoms with van der Waals surface area (Å²) in [7, 11) is 0. The summed E-state index contributed by atoms with van der Waals surface area (Å²) in [5.74, 6) is 0.996. The van der Waals surface area contributed by atoms with Crippen LogP contribution in [0.15, 0.2) is 24.3 Å². The van der Waals surface area contributed by atoms with Crippen LogP contribution in [0.4, 0.5) is 0 Å². The molecular formula is C17H24N2O4. The number of nitrogens with zero attached hydrogens (tertiary/aromatic N) is 2. The monoisotopic (exact) mass is 320 g/mol. The van der Waals surface area contributed by atoms with E-state index in [1.54, 1.807) is 6.92 Å².